The third kappa shape index (κ3) is 2.87. The summed E-state index contributed by atoms with van der Waals surface area (Å²) in [7, 11) is 0. The minimum absolute atomic E-state index is 0.0766. The molecule has 2 rings (SSSR count). The van der Waals surface area contributed by atoms with Gasteiger partial charge in [0.25, 0.3) is 0 Å². The summed E-state index contributed by atoms with van der Waals surface area (Å²) in [5.74, 6) is 0.113. The van der Waals surface area contributed by atoms with E-state index < -0.39 is 0 Å². The maximum Gasteiger partial charge on any atom is 0.231 e. The van der Waals surface area contributed by atoms with Gasteiger partial charge in [-0.3, -0.25) is 4.79 Å². The molecule has 1 aromatic rings. The molecule has 1 aliphatic heterocycles. The maximum atomic E-state index is 12.7. The van der Waals surface area contributed by atoms with Gasteiger partial charge >= 0.3 is 0 Å². The van der Waals surface area contributed by atoms with Gasteiger partial charge in [0.2, 0.25) is 5.91 Å². The molecular weight excluding hydrogens is 236 g/mol. The Hall–Kier alpha value is -1.61. The van der Waals surface area contributed by atoms with Crippen molar-refractivity contribution in [3.63, 3.8) is 0 Å². The second-order valence-electron chi connectivity index (χ2n) is 5.26. The van der Waals surface area contributed by atoms with E-state index in [1.165, 1.54) is 11.1 Å². The van der Waals surface area contributed by atoms with Crippen LogP contribution in [0.3, 0.4) is 0 Å². The smallest absolute Gasteiger partial charge is 0.231 e. The lowest BCUT2D eigenvalue weighted by Gasteiger charge is -2.33. The second-order valence-corrected chi connectivity index (χ2v) is 5.26. The summed E-state index contributed by atoms with van der Waals surface area (Å²) in [6, 6.07) is 8.40. The minimum Gasteiger partial charge on any atom is -0.336 e. The molecule has 1 atom stereocenters. The van der Waals surface area contributed by atoms with Gasteiger partial charge in [0, 0.05) is 25.7 Å². The van der Waals surface area contributed by atoms with Crippen LogP contribution in [0.25, 0.3) is 0 Å². The monoisotopic (exact) mass is 258 g/mol. The van der Waals surface area contributed by atoms with Gasteiger partial charge < -0.3 is 10.2 Å². The van der Waals surface area contributed by atoms with Crippen LogP contribution in [-0.2, 0) is 11.3 Å². The topological polar surface area (TPSA) is 32.3 Å². The average molecular weight is 258 g/mol. The molecule has 0 aliphatic carbocycles. The fourth-order valence-electron chi connectivity index (χ4n) is 2.61. The summed E-state index contributed by atoms with van der Waals surface area (Å²) < 4.78 is 0. The van der Waals surface area contributed by atoms with Crippen LogP contribution in [-0.4, -0.2) is 29.9 Å². The molecule has 19 heavy (non-hydrogen) atoms. The van der Waals surface area contributed by atoms with E-state index in [0.29, 0.717) is 6.54 Å². The average Bonchev–Trinajstić information content (AvgIpc) is 2.43. The zero-order valence-electron chi connectivity index (χ0n) is 11.7. The van der Waals surface area contributed by atoms with E-state index in [-0.39, 0.29) is 17.9 Å². The molecule has 0 saturated carbocycles. The molecule has 1 amide bonds. The summed E-state index contributed by atoms with van der Waals surface area (Å²) >= 11 is 0. The van der Waals surface area contributed by atoms with Crippen LogP contribution in [0.1, 0.15) is 30.9 Å². The largest absolute Gasteiger partial charge is 0.336 e. The summed E-state index contributed by atoms with van der Waals surface area (Å²) in [5, 5.41) is 3.33. The van der Waals surface area contributed by atoms with Gasteiger partial charge in [-0.05, 0) is 25.0 Å². The standard InChI is InChI=1S/C16H22N2O/c1-4-9-18(12(2)3)16(19)15-11-17-10-13-7-5-6-8-14(13)15/h4-8,12,15,17H,1,9-11H2,2-3H3. The van der Waals surface area contributed by atoms with Gasteiger partial charge in [-0.2, -0.15) is 0 Å². The third-order valence-corrected chi connectivity index (χ3v) is 3.62. The van der Waals surface area contributed by atoms with Gasteiger partial charge in [-0.1, -0.05) is 30.3 Å². The molecule has 102 valence electrons. The predicted octanol–water partition coefficient (Wildman–Crippen LogP) is 2.30. The lowest BCUT2D eigenvalue weighted by Crippen LogP contribution is -2.44. The zero-order chi connectivity index (χ0) is 13.8. The summed E-state index contributed by atoms with van der Waals surface area (Å²) in [6.45, 7) is 10.0. The molecule has 1 N–H and O–H groups in total. The lowest BCUT2D eigenvalue weighted by molar-refractivity contribution is -0.134. The molecular formula is C16H22N2O. The molecule has 0 spiro atoms. The Bertz CT molecular complexity index is 468. The Kier molecular flexibility index (Phi) is 4.38. The highest BCUT2D eigenvalue weighted by molar-refractivity contribution is 5.85. The van der Waals surface area contributed by atoms with Crippen molar-refractivity contribution in [2.45, 2.75) is 32.4 Å². The first-order chi connectivity index (χ1) is 9.15. The summed E-state index contributed by atoms with van der Waals surface area (Å²) in [6.07, 6.45) is 1.79. The number of fused-ring (bicyclic) bond motifs is 1. The Morgan fingerprint density at radius 2 is 2.26 bits per heavy atom. The van der Waals surface area contributed by atoms with Crippen molar-refractivity contribution in [2.24, 2.45) is 0 Å². The van der Waals surface area contributed by atoms with Crippen LogP contribution in [0.15, 0.2) is 36.9 Å². The number of rotatable bonds is 4. The van der Waals surface area contributed by atoms with Crippen molar-refractivity contribution in [3.8, 4) is 0 Å². The predicted molar refractivity (Wildman–Crippen MR) is 77.9 cm³/mol. The van der Waals surface area contributed by atoms with E-state index in [0.717, 1.165) is 13.1 Å². The first-order valence-electron chi connectivity index (χ1n) is 6.85. The van der Waals surface area contributed by atoms with Gasteiger partial charge in [-0.25, -0.2) is 0 Å². The van der Waals surface area contributed by atoms with Crippen LogP contribution in [0.2, 0.25) is 0 Å². The third-order valence-electron chi connectivity index (χ3n) is 3.62. The molecule has 1 unspecified atom stereocenters. The summed E-state index contributed by atoms with van der Waals surface area (Å²) in [5.41, 5.74) is 2.40. The van der Waals surface area contributed by atoms with Crippen molar-refractivity contribution in [1.29, 1.82) is 0 Å². The van der Waals surface area contributed by atoms with Gasteiger partial charge in [0.15, 0.2) is 0 Å². The number of hydrogen-bond acceptors (Lipinski definition) is 2. The molecule has 3 nitrogen and oxygen atoms in total. The molecule has 0 saturated heterocycles. The number of carbonyl (C=O) groups excluding carboxylic acids is 1. The summed E-state index contributed by atoms with van der Waals surface area (Å²) in [4.78, 5) is 14.6. The highest BCUT2D eigenvalue weighted by atomic mass is 16.2. The highest BCUT2D eigenvalue weighted by Gasteiger charge is 2.30. The number of benzene rings is 1. The van der Waals surface area contributed by atoms with Crippen LogP contribution < -0.4 is 5.32 Å². The van der Waals surface area contributed by atoms with Gasteiger partial charge in [0.1, 0.15) is 0 Å². The molecule has 0 aromatic heterocycles. The van der Waals surface area contributed by atoms with Crippen LogP contribution in [0.4, 0.5) is 0 Å². The molecule has 0 bridgehead atoms. The molecule has 1 heterocycles. The zero-order valence-corrected chi connectivity index (χ0v) is 11.7. The van der Waals surface area contributed by atoms with Crippen molar-refractivity contribution in [1.82, 2.24) is 10.2 Å². The Labute approximate surface area is 115 Å². The maximum absolute atomic E-state index is 12.7. The van der Waals surface area contributed by atoms with E-state index >= 15 is 0 Å². The SMILES string of the molecule is C=CCN(C(=O)C1CNCc2ccccc21)C(C)C. The van der Waals surface area contributed by atoms with Crippen molar-refractivity contribution >= 4 is 5.91 Å². The van der Waals surface area contributed by atoms with Gasteiger partial charge in [0.05, 0.1) is 5.92 Å². The second kappa shape index (κ2) is 6.02. The first kappa shape index (κ1) is 13.8. The number of hydrogen-bond donors (Lipinski definition) is 1. The van der Waals surface area contributed by atoms with E-state index in [9.17, 15) is 4.79 Å². The number of amides is 1. The highest BCUT2D eigenvalue weighted by Crippen LogP contribution is 2.26. The fraction of sp³-hybridized carbons (Fsp3) is 0.438. The van der Waals surface area contributed by atoms with Crippen LogP contribution >= 0.6 is 0 Å². The van der Waals surface area contributed by atoms with E-state index in [1.54, 1.807) is 6.08 Å². The van der Waals surface area contributed by atoms with E-state index in [1.807, 2.05) is 30.9 Å². The Morgan fingerprint density at radius 1 is 1.53 bits per heavy atom. The Balaban J connectivity index is 2.27. The molecule has 3 heteroatoms. The molecule has 0 radical (unpaired) electrons. The van der Waals surface area contributed by atoms with Crippen LogP contribution in [0, 0.1) is 0 Å². The van der Waals surface area contributed by atoms with E-state index in [2.05, 4.69) is 24.0 Å². The minimum atomic E-state index is -0.0766. The van der Waals surface area contributed by atoms with Gasteiger partial charge in [-0.15, -0.1) is 6.58 Å². The van der Waals surface area contributed by atoms with Crippen molar-refractivity contribution in [2.75, 3.05) is 13.1 Å². The normalized spacial score (nSPS) is 17.9. The molecule has 1 aromatic carbocycles. The quantitative estimate of drug-likeness (QED) is 0.840. The molecule has 1 aliphatic rings. The number of nitrogens with one attached hydrogen (secondary N) is 1. The fourth-order valence-corrected chi connectivity index (χ4v) is 2.61. The Morgan fingerprint density at radius 3 is 2.95 bits per heavy atom. The van der Waals surface area contributed by atoms with E-state index in [4.69, 9.17) is 0 Å². The molecule has 0 fully saturated rings. The number of nitrogens with zero attached hydrogens (tertiary/aromatic N) is 1. The lowest BCUT2D eigenvalue weighted by atomic mass is 9.89. The van der Waals surface area contributed by atoms with Crippen molar-refractivity contribution < 1.29 is 4.79 Å². The number of carbonyl (C=O) groups is 1. The van der Waals surface area contributed by atoms with Crippen molar-refractivity contribution in [3.05, 3.63) is 48.0 Å². The first-order valence-corrected chi connectivity index (χ1v) is 6.85. The van der Waals surface area contributed by atoms with Crippen LogP contribution in [0.5, 0.6) is 0 Å².